The van der Waals surface area contributed by atoms with E-state index in [2.05, 4.69) is 0 Å². The van der Waals surface area contributed by atoms with Crippen LogP contribution in [-0.4, -0.2) is 0 Å². The Bertz CT molecular complexity index is 564. The molecule has 0 spiro atoms. The zero-order chi connectivity index (χ0) is 12.7. The fraction of sp³-hybridized carbons (Fsp3) is 0. The second kappa shape index (κ2) is 4.52. The number of thiophene rings is 1. The molecule has 1 aromatic heterocycles. The SMILES string of the molecule is Fc1c(F)c(F)c(-c2ccc(I)s2)c(F)c1F. The van der Waals surface area contributed by atoms with Gasteiger partial charge in [0.1, 0.15) is 0 Å². The average Bonchev–Trinajstić information content (AvgIpc) is 2.71. The molecule has 0 saturated carbocycles. The first kappa shape index (κ1) is 12.7. The molecule has 0 amide bonds. The van der Waals surface area contributed by atoms with Crippen LogP contribution in [-0.2, 0) is 0 Å². The van der Waals surface area contributed by atoms with Crippen molar-refractivity contribution < 1.29 is 22.0 Å². The molecule has 7 heteroatoms. The van der Waals surface area contributed by atoms with Crippen LogP contribution in [0.1, 0.15) is 0 Å². The van der Waals surface area contributed by atoms with Crippen LogP contribution in [0.2, 0.25) is 0 Å². The lowest BCUT2D eigenvalue weighted by atomic mass is 10.1. The summed E-state index contributed by atoms with van der Waals surface area (Å²) in [4.78, 5) is 0.00204. The Kier molecular flexibility index (Phi) is 3.39. The summed E-state index contributed by atoms with van der Waals surface area (Å²) >= 11 is 2.83. The van der Waals surface area contributed by atoms with E-state index in [1.54, 1.807) is 0 Å². The third kappa shape index (κ3) is 2.05. The molecule has 0 nitrogen and oxygen atoms in total. The van der Waals surface area contributed by atoms with Crippen LogP contribution in [0.5, 0.6) is 0 Å². The van der Waals surface area contributed by atoms with E-state index in [0.29, 0.717) is 2.88 Å². The lowest BCUT2D eigenvalue weighted by molar-refractivity contribution is 0.381. The largest absolute Gasteiger partial charge is 0.203 e. The van der Waals surface area contributed by atoms with Gasteiger partial charge in [-0.15, -0.1) is 11.3 Å². The van der Waals surface area contributed by atoms with Crippen LogP contribution in [0.25, 0.3) is 10.4 Å². The Hall–Kier alpha value is -0.700. The van der Waals surface area contributed by atoms with Crippen molar-refractivity contribution in [3.8, 4) is 10.4 Å². The quantitative estimate of drug-likeness (QED) is 0.293. The van der Waals surface area contributed by atoms with Crippen molar-refractivity contribution in [3.63, 3.8) is 0 Å². The first-order valence-corrected chi connectivity index (χ1v) is 6.10. The summed E-state index contributed by atoms with van der Waals surface area (Å²) in [6.07, 6.45) is 0. The van der Waals surface area contributed by atoms with E-state index in [1.165, 1.54) is 12.1 Å². The van der Waals surface area contributed by atoms with E-state index in [1.807, 2.05) is 22.6 Å². The molecule has 0 unspecified atom stereocenters. The van der Waals surface area contributed by atoms with Crippen LogP contribution in [0.15, 0.2) is 12.1 Å². The van der Waals surface area contributed by atoms with E-state index in [0.717, 1.165) is 11.3 Å². The lowest BCUT2D eigenvalue weighted by Crippen LogP contribution is -2.03. The average molecular weight is 376 g/mol. The van der Waals surface area contributed by atoms with Gasteiger partial charge in [0.05, 0.1) is 8.45 Å². The van der Waals surface area contributed by atoms with Crippen LogP contribution < -0.4 is 0 Å². The topological polar surface area (TPSA) is 0 Å². The van der Waals surface area contributed by atoms with Gasteiger partial charge in [-0.2, -0.15) is 0 Å². The van der Waals surface area contributed by atoms with Crippen molar-refractivity contribution in [3.05, 3.63) is 44.1 Å². The predicted molar refractivity (Wildman–Crippen MR) is 62.3 cm³/mol. The van der Waals surface area contributed by atoms with Gasteiger partial charge in [-0.1, -0.05) is 0 Å². The van der Waals surface area contributed by atoms with Gasteiger partial charge in [0.2, 0.25) is 5.82 Å². The molecule has 2 rings (SSSR count). The summed E-state index contributed by atoms with van der Waals surface area (Å²) in [7, 11) is 0. The molecule has 1 aromatic carbocycles. The number of benzene rings is 1. The van der Waals surface area contributed by atoms with Gasteiger partial charge in [0.15, 0.2) is 23.3 Å². The highest BCUT2D eigenvalue weighted by atomic mass is 127. The molecule has 0 saturated heterocycles. The van der Waals surface area contributed by atoms with Gasteiger partial charge >= 0.3 is 0 Å². The highest BCUT2D eigenvalue weighted by molar-refractivity contribution is 14.1. The molecule has 17 heavy (non-hydrogen) atoms. The highest BCUT2D eigenvalue weighted by Gasteiger charge is 2.27. The first-order valence-electron chi connectivity index (χ1n) is 4.20. The van der Waals surface area contributed by atoms with Gasteiger partial charge in [-0.3, -0.25) is 0 Å². The minimum atomic E-state index is -2.14. The lowest BCUT2D eigenvalue weighted by Gasteiger charge is -2.05. The summed E-state index contributed by atoms with van der Waals surface area (Å²) < 4.78 is 66.1. The Labute approximate surface area is 110 Å². The fourth-order valence-electron chi connectivity index (χ4n) is 1.27. The molecule has 0 bridgehead atoms. The fourth-order valence-corrected chi connectivity index (χ4v) is 2.92. The molecule has 0 fully saturated rings. The van der Waals surface area contributed by atoms with E-state index in [4.69, 9.17) is 0 Å². The zero-order valence-corrected chi connectivity index (χ0v) is 10.8. The van der Waals surface area contributed by atoms with Crippen LogP contribution in [0.4, 0.5) is 22.0 Å². The Morgan fingerprint density at radius 1 is 0.765 bits per heavy atom. The third-order valence-electron chi connectivity index (χ3n) is 2.03. The molecule has 90 valence electrons. The maximum absolute atomic E-state index is 13.4. The van der Waals surface area contributed by atoms with Crippen molar-refractivity contribution in [1.29, 1.82) is 0 Å². The zero-order valence-electron chi connectivity index (χ0n) is 7.83. The minimum absolute atomic E-state index is 0.00204. The van der Waals surface area contributed by atoms with Crippen LogP contribution >= 0.6 is 33.9 Å². The number of halogens is 6. The molecule has 2 aromatic rings. The standard InChI is InChI=1S/C10H2F5IS/c11-6-5(3-1-2-4(16)17-3)7(12)9(14)10(15)8(6)13/h1-2H. The van der Waals surface area contributed by atoms with E-state index < -0.39 is 34.6 Å². The maximum Gasteiger partial charge on any atom is 0.200 e. The second-order valence-corrected chi connectivity index (χ2v) is 6.03. The predicted octanol–water partition coefficient (Wildman–Crippen LogP) is 4.72. The van der Waals surface area contributed by atoms with Crippen molar-refractivity contribution in [2.75, 3.05) is 0 Å². The molecule has 0 aliphatic heterocycles. The Morgan fingerprint density at radius 3 is 1.65 bits per heavy atom. The number of rotatable bonds is 1. The molecule has 1 heterocycles. The molecular formula is C10H2F5IS. The van der Waals surface area contributed by atoms with Crippen molar-refractivity contribution >= 4 is 33.9 Å². The van der Waals surface area contributed by atoms with Crippen molar-refractivity contribution in [1.82, 2.24) is 0 Å². The van der Waals surface area contributed by atoms with Crippen molar-refractivity contribution in [2.45, 2.75) is 0 Å². The Morgan fingerprint density at radius 2 is 1.24 bits per heavy atom. The third-order valence-corrected chi connectivity index (χ3v) is 3.94. The van der Waals surface area contributed by atoms with E-state index >= 15 is 0 Å². The summed E-state index contributed by atoms with van der Waals surface area (Å²) in [6.45, 7) is 0. The second-order valence-electron chi connectivity index (χ2n) is 3.05. The van der Waals surface area contributed by atoms with Gasteiger partial charge in [-0.25, -0.2) is 22.0 Å². The van der Waals surface area contributed by atoms with Gasteiger partial charge in [0.25, 0.3) is 0 Å². The molecule has 0 atom stereocenters. The first-order chi connectivity index (χ1) is 7.93. The number of hydrogen-bond donors (Lipinski definition) is 0. The minimum Gasteiger partial charge on any atom is -0.203 e. The van der Waals surface area contributed by atoms with Crippen LogP contribution in [0.3, 0.4) is 0 Å². The summed E-state index contributed by atoms with van der Waals surface area (Å²) in [5, 5.41) is 0. The van der Waals surface area contributed by atoms with Crippen molar-refractivity contribution in [2.24, 2.45) is 0 Å². The molecule has 0 aliphatic carbocycles. The summed E-state index contributed by atoms with van der Waals surface area (Å²) in [5.74, 6) is -9.61. The monoisotopic (exact) mass is 376 g/mol. The van der Waals surface area contributed by atoms with E-state index in [-0.39, 0.29) is 4.88 Å². The van der Waals surface area contributed by atoms with Crippen LogP contribution in [0, 0.1) is 32.0 Å². The molecule has 0 aliphatic rings. The molecule has 0 N–H and O–H groups in total. The number of hydrogen-bond acceptors (Lipinski definition) is 1. The molecular weight excluding hydrogens is 374 g/mol. The molecule has 0 radical (unpaired) electrons. The van der Waals surface area contributed by atoms with E-state index in [9.17, 15) is 22.0 Å². The smallest absolute Gasteiger partial charge is 0.200 e. The van der Waals surface area contributed by atoms with Gasteiger partial charge < -0.3 is 0 Å². The normalized spacial score (nSPS) is 10.9. The maximum atomic E-state index is 13.4. The Balaban J connectivity index is 2.78. The summed E-state index contributed by atoms with van der Waals surface area (Å²) in [5.41, 5.74) is -0.880. The highest BCUT2D eigenvalue weighted by Crippen LogP contribution is 2.35. The van der Waals surface area contributed by atoms with Gasteiger partial charge in [0, 0.05) is 4.88 Å². The van der Waals surface area contributed by atoms with Gasteiger partial charge in [-0.05, 0) is 34.7 Å². The summed E-state index contributed by atoms with van der Waals surface area (Å²) in [6, 6.07) is 2.84.